The van der Waals surface area contributed by atoms with Gasteiger partial charge in [0.15, 0.2) is 0 Å². The molecule has 3 aliphatic rings. The van der Waals surface area contributed by atoms with Crippen molar-refractivity contribution in [3.8, 4) is 11.3 Å². The monoisotopic (exact) mass is 385 g/mol. The molecule has 0 bridgehead atoms. The Morgan fingerprint density at radius 2 is 1.89 bits per heavy atom. The maximum atomic E-state index is 11.9. The second-order valence-electron chi connectivity index (χ2n) is 8.73. The Kier molecular flexibility index (Phi) is 3.82. The number of benzene rings is 1. The third kappa shape index (κ3) is 2.53. The molecule has 2 fully saturated rings. The van der Waals surface area contributed by atoms with Gasteiger partial charge in [0.1, 0.15) is 0 Å². The van der Waals surface area contributed by atoms with Gasteiger partial charge in [-0.25, -0.2) is 17.7 Å². The Morgan fingerprint density at radius 1 is 1.15 bits per heavy atom. The Hall–Kier alpha value is -1.66. The van der Waals surface area contributed by atoms with Gasteiger partial charge >= 0.3 is 0 Å². The van der Waals surface area contributed by atoms with Gasteiger partial charge in [0, 0.05) is 18.7 Å². The molecule has 1 saturated carbocycles. The first-order valence-corrected chi connectivity index (χ1v) is 11.8. The van der Waals surface area contributed by atoms with Crippen LogP contribution in [0.25, 0.3) is 11.3 Å². The summed E-state index contributed by atoms with van der Waals surface area (Å²) in [6, 6.07) is 9.10. The Morgan fingerprint density at radius 3 is 2.63 bits per heavy atom. The minimum absolute atomic E-state index is 0.282. The molecule has 1 aromatic heterocycles. The van der Waals surface area contributed by atoms with E-state index >= 15 is 0 Å². The minimum Gasteiger partial charge on any atom is -0.323 e. The Bertz CT molecular complexity index is 973. The smallest absolute Gasteiger partial charge is 0.211 e. The van der Waals surface area contributed by atoms with Gasteiger partial charge in [0.05, 0.1) is 30.5 Å². The highest BCUT2D eigenvalue weighted by Gasteiger charge is 2.51. The summed E-state index contributed by atoms with van der Waals surface area (Å²) in [7, 11) is -3.07. The summed E-state index contributed by atoms with van der Waals surface area (Å²) < 4.78 is 27.8. The van der Waals surface area contributed by atoms with Gasteiger partial charge in [-0.3, -0.25) is 0 Å². The minimum atomic E-state index is -3.07. The van der Waals surface area contributed by atoms with E-state index in [1.807, 2.05) is 12.5 Å². The van der Waals surface area contributed by atoms with E-state index in [9.17, 15) is 8.42 Å². The fourth-order valence-electron chi connectivity index (χ4n) is 6.10. The number of rotatable bonds is 2. The van der Waals surface area contributed by atoms with E-state index in [0.717, 1.165) is 12.8 Å². The van der Waals surface area contributed by atoms with Gasteiger partial charge in [0.2, 0.25) is 10.0 Å². The largest absolute Gasteiger partial charge is 0.323 e. The van der Waals surface area contributed by atoms with Gasteiger partial charge in [-0.2, -0.15) is 0 Å². The molecule has 1 aromatic carbocycles. The van der Waals surface area contributed by atoms with Crippen LogP contribution in [0.2, 0.25) is 0 Å². The standard InChI is InChI=1S/C21H27N3O2S/c1-15-16(7-8-21(15)9-11-23(12-10-21)27(2,25)26)20-18-6-4-3-5-17(18)19-13-22-14-24(19)20/h3-6,13-16,20H,7-12H2,1-2H3/t15-,16+,20-/m1/s1. The molecule has 0 N–H and O–H groups in total. The quantitative estimate of drug-likeness (QED) is 0.794. The van der Waals surface area contributed by atoms with E-state index in [1.165, 1.54) is 35.9 Å². The fraction of sp³-hybridized carbons (Fsp3) is 0.571. The number of aromatic nitrogens is 2. The van der Waals surface area contributed by atoms with Crippen LogP contribution in [0, 0.1) is 17.3 Å². The van der Waals surface area contributed by atoms with Gasteiger partial charge in [-0.1, -0.05) is 31.2 Å². The fourth-order valence-corrected chi connectivity index (χ4v) is 6.94. The van der Waals surface area contributed by atoms with E-state index in [0.29, 0.717) is 31.0 Å². The maximum absolute atomic E-state index is 11.9. The topological polar surface area (TPSA) is 55.2 Å². The first-order valence-electron chi connectivity index (χ1n) is 9.97. The summed E-state index contributed by atoms with van der Waals surface area (Å²) in [5, 5.41) is 0. The van der Waals surface area contributed by atoms with Crippen LogP contribution in [0.5, 0.6) is 0 Å². The molecule has 6 heteroatoms. The highest BCUT2D eigenvalue weighted by atomic mass is 32.2. The van der Waals surface area contributed by atoms with Crippen molar-refractivity contribution < 1.29 is 8.42 Å². The van der Waals surface area contributed by atoms with Crippen LogP contribution < -0.4 is 0 Å². The molecular weight excluding hydrogens is 358 g/mol. The summed E-state index contributed by atoms with van der Waals surface area (Å²) in [5.74, 6) is 1.15. The van der Waals surface area contributed by atoms with Crippen LogP contribution in [0.4, 0.5) is 0 Å². The molecule has 2 aliphatic heterocycles. The van der Waals surface area contributed by atoms with Gasteiger partial charge in [-0.15, -0.1) is 0 Å². The van der Waals surface area contributed by atoms with Crippen molar-refractivity contribution in [2.45, 2.75) is 38.6 Å². The molecule has 27 heavy (non-hydrogen) atoms. The van der Waals surface area contributed by atoms with E-state index in [4.69, 9.17) is 0 Å². The molecule has 144 valence electrons. The normalized spacial score (nSPS) is 29.8. The van der Waals surface area contributed by atoms with Crippen LogP contribution >= 0.6 is 0 Å². The van der Waals surface area contributed by atoms with E-state index in [2.05, 4.69) is 40.7 Å². The Labute approximate surface area is 161 Å². The zero-order valence-electron chi connectivity index (χ0n) is 16.0. The lowest BCUT2D eigenvalue weighted by Crippen LogP contribution is -2.44. The molecule has 5 rings (SSSR count). The molecule has 2 aromatic rings. The third-order valence-corrected chi connectivity index (χ3v) is 9.00. The summed E-state index contributed by atoms with van der Waals surface area (Å²) in [5.41, 5.74) is 4.26. The second kappa shape index (κ2) is 5.92. The number of imidazole rings is 1. The molecule has 0 radical (unpaired) electrons. The van der Waals surface area contributed by atoms with Gasteiger partial charge in [0.25, 0.3) is 0 Å². The maximum Gasteiger partial charge on any atom is 0.211 e. The lowest BCUT2D eigenvalue weighted by atomic mass is 9.69. The van der Waals surface area contributed by atoms with Crippen LogP contribution in [0.3, 0.4) is 0 Å². The predicted octanol–water partition coefficient (Wildman–Crippen LogP) is 3.54. The van der Waals surface area contributed by atoms with Crippen molar-refractivity contribution in [3.63, 3.8) is 0 Å². The van der Waals surface area contributed by atoms with Gasteiger partial charge in [-0.05, 0) is 48.5 Å². The molecule has 1 saturated heterocycles. The Balaban J connectivity index is 1.44. The first-order chi connectivity index (χ1) is 12.9. The van der Waals surface area contributed by atoms with Crippen molar-refractivity contribution in [1.29, 1.82) is 0 Å². The molecule has 0 unspecified atom stereocenters. The predicted molar refractivity (Wildman–Crippen MR) is 106 cm³/mol. The zero-order chi connectivity index (χ0) is 18.8. The molecule has 1 aliphatic carbocycles. The second-order valence-corrected chi connectivity index (χ2v) is 10.7. The average molecular weight is 386 g/mol. The zero-order valence-corrected chi connectivity index (χ0v) is 16.8. The summed E-state index contributed by atoms with van der Waals surface area (Å²) in [4.78, 5) is 4.42. The van der Waals surface area contributed by atoms with E-state index < -0.39 is 10.0 Å². The van der Waals surface area contributed by atoms with Crippen molar-refractivity contribution in [2.75, 3.05) is 19.3 Å². The summed E-state index contributed by atoms with van der Waals surface area (Å²) in [6.45, 7) is 3.76. The van der Waals surface area contributed by atoms with Crippen LogP contribution in [0.15, 0.2) is 36.8 Å². The van der Waals surface area contributed by atoms with Crippen molar-refractivity contribution >= 4 is 10.0 Å². The number of sulfonamides is 1. The number of nitrogens with zero attached hydrogens (tertiary/aromatic N) is 3. The number of hydrogen-bond acceptors (Lipinski definition) is 3. The third-order valence-electron chi connectivity index (χ3n) is 7.70. The summed E-state index contributed by atoms with van der Waals surface area (Å²) in [6.07, 6.45) is 9.70. The molecule has 3 heterocycles. The highest BCUT2D eigenvalue weighted by Crippen LogP contribution is 2.59. The van der Waals surface area contributed by atoms with Gasteiger partial charge < -0.3 is 4.57 Å². The van der Waals surface area contributed by atoms with Crippen molar-refractivity contribution in [3.05, 3.63) is 42.4 Å². The molecule has 5 nitrogen and oxygen atoms in total. The van der Waals surface area contributed by atoms with Crippen molar-refractivity contribution in [1.82, 2.24) is 13.9 Å². The van der Waals surface area contributed by atoms with E-state index in [-0.39, 0.29) is 5.41 Å². The van der Waals surface area contributed by atoms with E-state index in [1.54, 1.807) is 4.31 Å². The summed E-state index contributed by atoms with van der Waals surface area (Å²) >= 11 is 0. The lowest BCUT2D eigenvalue weighted by molar-refractivity contribution is 0.0920. The number of fused-ring (bicyclic) bond motifs is 3. The number of hydrogen-bond donors (Lipinski definition) is 0. The van der Waals surface area contributed by atoms with Crippen molar-refractivity contribution in [2.24, 2.45) is 17.3 Å². The molecule has 3 atom stereocenters. The first kappa shape index (κ1) is 17.4. The molecule has 1 spiro atoms. The highest BCUT2D eigenvalue weighted by molar-refractivity contribution is 7.88. The SMILES string of the molecule is C[C@@H]1[C@@H]([C@@H]2c3ccccc3-c3cncn32)CCC12CCN(S(C)(=O)=O)CC2. The van der Waals surface area contributed by atoms with Crippen LogP contribution in [-0.2, 0) is 10.0 Å². The van der Waals surface area contributed by atoms with Crippen LogP contribution in [0.1, 0.15) is 44.2 Å². The average Bonchev–Trinajstić information content (AvgIpc) is 3.30. The number of piperidine rings is 1. The van der Waals surface area contributed by atoms with Crippen LogP contribution in [-0.4, -0.2) is 41.6 Å². The molecule has 0 amide bonds. The lowest BCUT2D eigenvalue weighted by Gasteiger charge is -2.43. The molecular formula is C21H27N3O2S.